The van der Waals surface area contributed by atoms with Gasteiger partial charge in [0.15, 0.2) is 0 Å². The smallest absolute Gasteiger partial charge is 0.206 e. The molecule has 1 atom stereocenters. The average molecular weight is 262 g/mol. The lowest BCUT2D eigenvalue weighted by Crippen LogP contribution is -2.43. The number of guanidine groups is 1. The molecule has 4 N–H and O–H groups in total. The van der Waals surface area contributed by atoms with Crippen LogP contribution in [0.5, 0.6) is 0 Å². The molecule has 5 heteroatoms. The second-order valence-electron chi connectivity index (χ2n) is 4.66. The van der Waals surface area contributed by atoms with E-state index in [0.29, 0.717) is 25.2 Å². The van der Waals surface area contributed by atoms with Crippen molar-refractivity contribution in [1.29, 1.82) is 0 Å². The Morgan fingerprint density at radius 1 is 1.47 bits per heavy atom. The number of fused-ring (bicyclic) bond motifs is 1. The molecule has 0 radical (unpaired) electrons. The quantitative estimate of drug-likeness (QED) is 0.244. The Morgan fingerprint density at radius 2 is 2.32 bits per heavy atom. The zero-order valence-corrected chi connectivity index (χ0v) is 11.4. The maximum atomic E-state index is 5.51. The van der Waals surface area contributed by atoms with Gasteiger partial charge in [-0.3, -0.25) is 10.4 Å². The van der Waals surface area contributed by atoms with Gasteiger partial charge in [0.05, 0.1) is 6.04 Å². The molecular formula is C14H22N4O. The number of hydrogen-bond acceptors (Lipinski definition) is 3. The van der Waals surface area contributed by atoms with E-state index in [1.165, 1.54) is 11.1 Å². The molecule has 5 nitrogen and oxygen atoms in total. The minimum Gasteiger partial charge on any atom is -0.385 e. The van der Waals surface area contributed by atoms with Gasteiger partial charge in [0.25, 0.3) is 0 Å². The summed E-state index contributed by atoms with van der Waals surface area (Å²) in [5.74, 6) is 6.16. The second kappa shape index (κ2) is 7.11. The van der Waals surface area contributed by atoms with Gasteiger partial charge < -0.3 is 10.1 Å². The zero-order chi connectivity index (χ0) is 13.5. The SMILES string of the molecule is COCCCN=C(NN)NC1CCc2ccccc21. The van der Waals surface area contributed by atoms with E-state index in [4.69, 9.17) is 10.6 Å². The second-order valence-corrected chi connectivity index (χ2v) is 4.66. The highest BCUT2D eigenvalue weighted by atomic mass is 16.5. The first-order valence-corrected chi connectivity index (χ1v) is 6.69. The summed E-state index contributed by atoms with van der Waals surface area (Å²) in [5, 5.41) is 3.37. The number of nitrogens with two attached hydrogens (primary N) is 1. The number of nitrogens with one attached hydrogen (secondary N) is 2. The number of nitrogens with zero attached hydrogens (tertiary/aromatic N) is 1. The molecule has 0 aromatic heterocycles. The van der Waals surface area contributed by atoms with Crippen LogP contribution in [0, 0.1) is 0 Å². The average Bonchev–Trinajstić information content (AvgIpc) is 2.85. The summed E-state index contributed by atoms with van der Waals surface area (Å²) in [6, 6.07) is 8.81. The van der Waals surface area contributed by atoms with Crippen LogP contribution < -0.4 is 16.6 Å². The molecule has 1 aliphatic carbocycles. The van der Waals surface area contributed by atoms with Crippen molar-refractivity contribution in [2.75, 3.05) is 20.3 Å². The van der Waals surface area contributed by atoms with E-state index in [9.17, 15) is 0 Å². The molecular weight excluding hydrogens is 240 g/mol. The number of hydrogen-bond donors (Lipinski definition) is 3. The van der Waals surface area contributed by atoms with Crippen molar-refractivity contribution in [2.45, 2.75) is 25.3 Å². The van der Waals surface area contributed by atoms with Crippen molar-refractivity contribution in [3.05, 3.63) is 35.4 Å². The van der Waals surface area contributed by atoms with E-state index in [-0.39, 0.29) is 0 Å². The highest BCUT2D eigenvalue weighted by molar-refractivity contribution is 5.79. The van der Waals surface area contributed by atoms with Crippen LogP contribution in [0.3, 0.4) is 0 Å². The van der Waals surface area contributed by atoms with Gasteiger partial charge in [0.1, 0.15) is 0 Å². The van der Waals surface area contributed by atoms with Crippen molar-refractivity contribution in [2.24, 2.45) is 10.8 Å². The van der Waals surface area contributed by atoms with Crippen LogP contribution in [0.2, 0.25) is 0 Å². The largest absolute Gasteiger partial charge is 0.385 e. The summed E-state index contributed by atoms with van der Waals surface area (Å²) < 4.78 is 5.00. The minimum absolute atomic E-state index is 0.299. The molecule has 19 heavy (non-hydrogen) atoms. The van der Waals surface area contributed by atoms with Crippen LogP contribution in [0.25, 0.3) is 0 Å². The molecule has 1 aromatic carbocycles. The summed E-state index contributed by atoms with van der Waals surface area (Å²) in [6.07, 6.45) is 3.08. The molecule has 0 saturated heterocycles. The van der Waals surface area contributed by atoms with E-state index in [1.54, 1.807) is 7.11 Å². The lowest BCUT2D eigenvalue weighted by Gasteiger charge is -2.16. The molecule has 0 heterocycles. The third-order valence-corrected chi connectivity index (χ3v) is 3.36. The molecule has 0 amide bonds. The van der Waals surface area contributed by atoms with E-state index in [2.05, 4.69) is 40.0 Å². The number of rotatable bonds is 5. The number of aryl methyl sites for hydroxylation is 1. The molecule has 2 rings (SSSR count). The first-order chi connectivity index (χ1) is 9.35. The van der Waals surface area contributed by atoms with Gasteiger partial charge >= 0.3 is 0 Å². The van der Waals surface area contributed by atoms with Gasteiger partial charge in [-0.1, -0.05) is 24.3 Å². The van der Waals surface area contributed by atoms with Crippen LogP contribution in [-0.4, -0.2) is 26.2 Å². The monoisotopic (exact) mass is 262 g/mol. The molecule has 0 fully saturated rings. The summed E-state index contributed by atoms with van der Waals surface area (Å²) >= 11 is 0. The summed E-state index contributed by atoms with van der Waals surface area (Å²) in [4.78, 5) is 4.41. The molecule has 0 aliphatic heterocycles. The van der Waals surface area contributed by atoms with Crippen LogP contribution >= 0.6 is 0 Å². The molecule has 0 spiro atoms. The van der Waals surface area contributed by atoms with Crippen molar-refractivity contribution >= 4 is 5.96 Å². The minimum atomic E-state index is 0.299. The van der Waals surface area contributed by atoms with Crippen molar-refractivity contribution < 1.29 is 4.74 Å². The number of hydrazine groups is 1. The first kappa shape index (κ1) is 13.8. The van der Waals surface area contributed by atoms with E-state index >= 15 is 0 Å². The summed E-state index contributed by atoms with van der Waals surface area (Å²) in [7, 11) is 1.69. The number of ether oxygens (including phenoxy) is 1. The Kier molecular flexibility index (Phi) is 5.18. The normalized spacial score (nSPS) is 18.2. The van der Waals surface area contributed by atoms with Crippen LogP contribution in [0.4, 0.5) is 0 Å². The Hall–Kier alpha value is -1.59. The van der Waals surface area contributed by atoms with Gasteiger partial charge in [-0.15, -0.1) is 0 Å². The number of benzene rings is 1. The Bertz CT molecular complexity index is 433. The predicted molar refractivity (Wildman–Crippen MR) is 76.8 cm³/mol. The molecule has 1 aromatic rings. The van der Waals surface area contributed by atoms with E-state index in [0.717, 1.165) is 19.3 Å². The zero-order valence-electron chi connectivity index (χ0n) is 11.4. The summed E-state index contributed by atoms with van der Waals surface area (Å²) in [5.41, 5.74) is 5.40. The highest BCUT2D eigenvalue weighted by Crippen LogP contribution is 2.30. The fourth-order valence-corrected chi connectivity index (χ4v) is 2.40. The fourth-order valence-electron chi connectivity index (χ4n) is 2.40. The molecule has 104 valence electrons. The molecule has 1 unspecified atom stereocenters. The molecule has 1 aliphatic rings. The van der Waals surface area contributed by atoms with Gasteiger partial charge in [0, 0.05) is 20.3 Å². The third kappa shape index (κ3) is 3.68. The predicted octanol–water partition coefficient (Wildman–Crippen LogP) is 1.12. The van der Waals surface area contributed by atoms with Gasteiger partial charge in [-0.05, 0) is 30.4 Å². The van der Waals surface area contributed by atoms with Crippen LogP contribution in [-0.2, 0) is 11.2 Å². The number of methoxy groups -OCH3 is 1. The lowest BCUT2D eigenvalue weighted by atomic mass is 10.1. The Morgan fingerprint density at radius 3 is 3.11 bits per heavy atom. The van der Waals surface area contributed by atoms with Crippen LogP contribution in [0.15, 0.2) is 29.3 Å². The van der Waals surface area contributed by atoms with Gasteiger partial charge in [-0.25, -0.2) is 5.84 Å². The first-order valence-electron chi connectivity index (χ1n) is 6.69. The van der Waals surface area contributed by atoms with Crippen LogP contribution in [0.1, 0.15) is 30.0 Å². The van der Waals surface area contributed by atoms with E-state index < -0.39 is 0 Å². The van der Waals surface area contributed by atoms with Crippen molar-refractivity contribution in [1.82, 2.24) is 10.7 Å². The third-order valence-electron chi connectivity index (χ3n) is 3.36. The standard InChI is InChI=1S/C14H22N4O/c1-19-10-4-9-16-14(18-15)17-13-8-7-11-5-2-3-6-12(11)13/h2-3,5-6,13H,4,7-10,15H2,1H3,(H2,16,17,18). The molecule has 0 saturated carbocycles. The van der Waals surface area contributed by atoms with Gasteiger partial charge in [-0.2, -0.15) is 0 Å². The van der Waals surface area contributed by atoms with Gasteiger partial charge in [0.2, 0.25) is 5.96 Å². The maximum absolute atomic E-state index is 5.51. The maximum Gasteiger partial charge on any atom is 0.206 e. The lowest BCUT2D eigenvalue weighted by molar-refractivity contribution is 0.197. The summed E-state index contributed by atoms with van der Waals surface area (Å²) in [6.45, 7) is 1.42. The highest BCUT2D eigenvalue weighted by Gasteiger charge is 2.22. The Labute approximate surface area is 114 Å². The Balaban J connectivity index is 1.92. The van der Waals surface area contributed by atoms with E-state index in [1.807, 2.05) is 0 Å². The van der Waals surface area contributed by atoms with Crippen molar-refractivity contribution in [3.63, 3.8) is 0 Å². The topological polar surface area (TPSA) is 71.7 Å². The fraction of sp³-hybridized carbons (Fsp3) is 0.500. The van der Waals surface area contributed by atoms with Crippen molar-refractivity contribution in [3.8, 4) is 0 Å². The molecule has 0 bridgehead atoms. The number of aliphatic imine (C=N–C) groups is 1.